The van der Waals surface area contributed by atoms with Crippen LogP contribution in [0.1, 0.15) is 60.0 Å². The molecule has 4 rings (SSSR count). The fourth-order valence-corrected chi connectivity index (χ4v) is 5.40. The highest BCUT2D eigenvalue weighted by molar-refractivity contribution is 5.89. The molecule has 2 aromatic carbocycles. The van der Waals surface area contributed by atoms with E-state index in [0.717, 1.165) is 43.2 Å². The topological polar surface area (TPSA) is 66.8 Å². The molecule has 5 nitrogen and oxygen atoms in total. The van der Waals surface area contributed by atoms with Gasteiger partial charge in [0.15, 0.2) is 0 Å². The van der Waals surface area contributed by atoms with Crippen LogP contribution in [0.25, 0.3) is 0 Å². The molecule has 0 radical (unpaired) electrons. The average molecular weight is 466 g/mol. The molecule has 6 heteroatoms. The van der Waals surface area contributed by atoms with E-state index in [9.17, 15) is 19.1 Å². The lowest BCUT2D eigenvalue weighted by atomic mass is 9.74. The second-order valence-electron chi connectivity index (χ2n) is 9.33. The van der Waals surface area contributed by atoms with Gasteiger partial charge in [-0.05, 0) is 61.1 Å². The van der Waals surface area contributed by atoms with Crippen LogP contribution in [-0.2, 0) is 21.4 Å². The predicted octanol–water partition coefficient (Wildman–Crippen LogP) is 4.57. The zero-order valence-corrected chi connectivity index (χ0v) is 19.6. The summed E-state index contributed by atoms with van der Waals surface area (Å²) in [6, 6.07) is 13.7. The Morgan fingerprint density at radius 1 is 1.24 bits per heavy atom. The Kier molecular flexibility index (Phi) is 7.47. The fraction of sp³-hybridized carbons (Fsp3) is 0.429. The van der Waals surface area contributed by atoms with Crippen molar-refractivity contribution in [3.63, 3.8) is 0 Å². The van der Waals surface area contributed by atoms with E-state index in [-0.39, 0.29) is 23.7 Å². The largest absolute Gasteiger partial charge is 0.465 e. The Labute approximate surface area is 200 Å². The Bertz CT molecular complexity index is 1040. The molecule has 34 heavy (non-hydrogen) atoms. The minimum absolute atomic E-state index is 0.0672. The monoisotopic (exact) mass is 465 g/mol. The predicted molar refractivity (Wildman–Crippen MR) is 128 cm³/mol. The number of benzene rings is 2. The summed E-state index contributed by atoms with van der Waals surface area (Å²) < 4.78 is 18.6. The molecule has 180 valence electrons. The van der Waals surface area contributed by atoms with Crippen molar-refractivity contribution in [3.05, 3.63) is 83.2 Å². The average Bonchev–Trinajstić information content (AvgIpc) is 3.49. The molecule has 1 aliphatic carbocycles. The number of amides is 1. The first kappa shape index (κ1) is 24.1. The van der Waals surface area contributed by atoms with Crippen LogP contribution in [0.15, 0.2) is 60.7 Å². The molecule has 1 aliphatic heterocycles. The minimum atomic E-state index is -0.736. The van der Waals surface area contributed by atoms with Gasteiger partial charge in [0.2, 0.25) is 5.91 Å². The summed E-state index contributed by atoms with van der Waals surface area (Å²) in [6.45, 7) is 0.566. The zero-order valence-electron chi connectivity index (χ0n) is 19.6. The number of carbonyl (C=O) groups is 2. The summed E-state index contributed by atoms with van der Waals surface area (Å²) in [7, 11) is 1.35. The van der Waals surface area contributed by atoms with Gasteiger partial charge in [-0.15, -0.1) is 0 Å². The maximum Gasteiger partial charge on any atom is 0.337 e. The van der Waals surface area contributed by atoms with Crippen molar-refractivity contribution in [1.29, 1.82) is 0 Å². The van der Waals surface area contributed by atoms with Crippen molar-refractivity contribution in [2.24, 2.45) is 0 Å². The van der Waals surface area contributed by atoms with Crippen LogP contribution in [0.3, 0.4) is 0 Å². The van der Waals surface area contributed by atoms with Crippen LogP contribution in [0.4, 0.5) is 4.39 Å². The highest BCUT2D eigenvalue weighted by Gasteiger charge is 2.41. The minimum Gasteiger partial charge on any atom is -0.465 e. The molecule has 2 aliphatic rings. The van der Waals surface area contributed by atoms with Gasteiger partial charge in [0, 0.05) is 18.4 Å². The summed E-state index contributed by atoms with van der Waals surface area (Å²) in [6.07, 6.45) is 8.56. The highest BCUT2D eigenvalue weighted by atomic mass is 19.1. The number of nitrogens with zero attached hydrogens (tertiary/aromatic N) is 1. The van der Waals surface area contributed by atoms with Crippen LogP contribution < -0.4 is 0 Å². The Hall–Kier alpha value is -2.99. The molecule has 2 atom stereocenters. The van der Waals surface area contributed by atoms with E-state index in [2.05, 4.69) is 0 Å². The first-order valence-corrected chi connectivity index (χ1v) is 12.0. The SMILES string of the molecule is COC(=O)c1ccc(CCN2C(=O)CC[C@@H]2/C=C/C(O)C2(c3cccc(F)c3)CCCC2)cc1. The van der Waals surface area contributed by atoms with Gasteiger partial charge in [0.25, 0.3) is 0 Å². The molecule has 1 amide bonds. The van der Waals surface area contributed by atoms with Gasteiger partial charge in [-0.1, -0.05) is 49.3 Å². The van der Waals surface area contributed by atoms with E-state index < -0.39 is 11.5 Å². The number of halogens is 1. The number of hydrogen-bond acceptors (Lipinski definition) is 4. The van der Waals surface area contributed by atoms with Gasteiger partial charge >= 0.3 is 5.97 Å². The number of rotatable bonds is 8. The number of aliphatic hydroxyl groups excluding tert-OH is 1. The number of likely N-dealkylation sites (tertiary alicyclic amines) is 1. The van der Waals surface area contributed by atoms with Gasteiger partial charge in [0.1, 0.15) is 5.82 Å². The van der Waals surface area contributed by atoms with E-state index in [4.69, 9.17) is 4.74 Å². The molecule has 1 unspecified atom stereocenters. The number of carbonyl (C=O) groups excluding carboxylic acids is 2. The molecular weight excluding hydrogens is 433 g/mol. The molecule has 1 saturated carbocycles. The third-order valence-corrected chi connectivity index (χ3v) is 7.37. The normalized spacial score (nSPS) is 20.7. The van der Waals surface area contributed by atoms with Gasteiger partial charge in [-0.2, -0.15) is 0 Å². The van der Waals surface area contributed by atoms with E-state index in [1.165, 1.54) is 13.2 Å². The third kappa shape index (κ3) is 5.07. The maximum absolute atomic E-state index is 13.9. The summed E-state index contributed by atoms with van der Waals surface area (Å²) >= 11 is 0. The lowest BCUT2D eigenvalue weighted by molar-refractivity contribution is -0.128. The summed E-state index contributed by atoms with van der Waals surface area (Å²) in [5.41, 5.74) is 1.90. The van der Waals surface area contributed by atoms with Gasteiger partial charge in [0.05, 0.1) is 24.8 Å². The molecule has 1 saturated heterocycles. The van der Waals surface area contributed by atoms with Gasteiger partial charge in [-0.3, -0.25) is 4.79 Å². The van der Waals surface area contributed by atoms with Crippen molar-refractivity contribution in [2.45, 2.75) is 62.5 Å². The summed E-state index contributed by atoms with van der Waals surface area (Å²) in [4.78, 5) is 26.0. The molecule has 2 aromatic rings. The lowest BCUT2D eigenvalue weighted by Crippen LogP contribution is -2.37. The number of ether oxygens (including phenoxy) is 1. The zero-order chi connectivity index (χ0) is 24.1. The molecule has 1 heterocycles. The van der Waals surface area contributed by atoms with Crippen LogP contribution in [0, 0.1) is 5.82 Å². The van der Waals surface area contributed by atoms with Crippen LogP contribution in [-0.4, -0.2) is 47.7 Å². The maximum atomic E-state index is 13.9. The molecule has 0 bridgehead atoms. The standard InChI is InChI=1S/C28H32FNO4/c1-34-27(33)21-9-7-20(8-10-21)15-18-30-24(12-14-26(30)32)11-13-25(31)28(16-2-3-17-28)22-5-4-6-23(29)19-22/h4-11,13,19,24-25,31H,2-3,12,14-18H2,1H3/b13-11+/t24-,25?/m0/s1. The second kappa shape index (κ2) is 10.5. The number of hydrogen-bond donors (Lipinski definition) is 1. The molecule has 0 aromatic heterocycles. The smallest absolute Gasteiger partial charge is 0.337 e. The van der Waals surface area contributed by atoms with E-state index >= 15 is 0 Å². The van der Waals surface area contributed by atoms with Crippen molar-refractivity contribution in [3.8, 4) is 0 Å². The van der Waals surface area contributed by atoms with Gasteiger partial charge in [-0.25, -0.2) is 9.18 Å². The molecule has 0 spiro atoms. The Morgan fingerprint density at radius 3 is 2.65 bits per heavy atom. The Balaban J connectivity index is 1.43. The quantitative estimate of drug-likeness (QED) is 0.458. The second-order valence-corrected chi connectivity index (χ2v) is 9.33. The van der Waals surface area contributed by atoms with Crippen LogP contribution in [0.5, 0.6) is 0 Å². The van der Waals surface area contributed by atoms with Crippen LogP contribution >= 0.6 is 0 Å². The van der Waals surface area contributed by atoms with Crippen molar-refractivity contribution in [1.82, 2.24) is 4.90 Å². The highest BCUT2D eigenvalue weighted by Crippen LogP contribution is 2.44. The number of aliphatic hydroxyl groups is 1. The number of esters is 1. The molecule has 2 fully saturated rings. The lowest BCUT2D eigenvalue weighted by Gasteiger charge is -2.34. The molecular formula is C28H32FNO4. The van der Waals surface area contributed by atoms with Crippen molar-refractivity contribution in [2.75, 3.05) is 13.7 Å². The first-order valence-electron chi connectivity index (χ1n) is 12.0. The van der Waals surface area contributed by atoms with E-state index in [1.54, 1.807) is 24.3 Å². The Morgan fingerprint density at radius 2 is 1.97 bits per heavy atom. The summed E-state index contributed by atoms with van der Waals surface area (Å²) in [5, 5.41) is 11.2. The van der Waals surface area contributed by atoms with Gasteiger partial charge < -0.3 is 14.7 Å². The molecule has 1 N–H and O–H groups in total. The fourth-order valence-electron chi connectivity index (χ4n) is 5.40. The van der Waals surface area contributed by atoms with Crippen LogP contribution in [0.2, 0.25) is 0 Å². The van der Waals surface area contributed by atoms with E-state index in [0.29, 0.717) is 24.9 Å². The summed E-state index contributed by atoms with van der Waals surface area (Å²) in [5.74, 6) is -0.550. The van der Waals surface area contributed by atoms with Crippen molar-refractivity contribution < 1.29 is 23.8 Å². The van der Waals surface area contributed by atoms with E-state index in [1.807, 2.05) is 35.3 Å². The third-order valence-electron chi connectivity index (χ3n) is 7.37. The first-order chi connectivity index (χ1) is 16.4. The number of methoxy groups -OCH3 is 1. The van der Waals surface area contributed by atoms with Crippen molar-refractivity contribution >= 4 is 11.9 Å².